The van der Waals surface area contributed by atoms with Gasteiger partial charge in [-0.15, -0.1) is 16.4 Å². The molecule has 22 heavy (non-hydrogen) atoms. The van der Waals surface area contributed by atoms with Crippen molar-refractivity contribution >= 4 is 35.2 Å². The molecule has 1 N–H and O–H groups in total. The van der Waals surface area contributed by atoms with Crippen molar-refractivity contribution < 1.29 is 13.7 Å². The van der Waals surface area contributed by atoms with Crippen molar-refractivity contribution in [1.29, 1.82) is 0 Å². The molecule has 3 aromatic rings. The number of hydrogen-bond donors (Lipinski definition) is 1. The SMILES string of the molecule is CC[NH+](Cc1ccc(Cl)s1)Cn1nc(-c2ccco2)oc1=S. The predicted molar refractivity (Wildman–Crippen MR) is 87.6 cm³/mol. The summed E-state index contributed by atoms with van der Waals surface area (Å²) in [4.78, 5) is 2.90. The molecular weight excluding hydrogens is 342 g/mol. The van der Waals surface area contributed by atoms with Crippen LogP contribution in [0.5, 0.6) is 0 Å². The van der Waals surface area contributed by atoms with Crippen molar-refractivity contribution in [2.75, 3.05) is 6.54 Å². The Labute approximate surface area is 141 Å². The van der Waals surface area contributed by atoms with Gasteiger partial charge in [-0.05, 0) is 43.4 Å². The molecule has 0 amide bonds. The van der Waals surface area contributed by atoms with Crippen molar-refractivity contribution in [3.63, 3.8) is 0 Å². The van der Waals surface area contributed by atoms with Gasteiger partial charge in [0.05, 0.1) is 22.0 Å². The Balaban J connectivity index is 1.75. The lowest BCUT2D eigenvalue weighted by Crippen LogP contribution is -3.09. The number of aromatic nitrogens is 2. The third-order valence-electron chi connectivity index (χ3n) is 3.26. The minimum Gasteiger partial charge on any atom is -0.459 e. The molecule has 0 aliphatic rings. The molecule has 3 rings (SSSR count). The first-order chi connectivity index (χ1) is 10.7. The highest BCUT2D eigenvalue weighted by Gasteiger charge is 2.15. The van der Waals surface area contributed by atoms with Crippen LogP contribution in [0.4, 0.5) is 0 Å². The van der Waals surface area contributed by atoms with E-state index in [2.05, 4.69) is 18.1 Å². The molecule has 0 saturated heterocycles. The van der Waals surface area contributed by atoms with Crippen molar-refractivity contribution in [3.05, 3.63) is 44.6 Å². The van der Waals surface area contributed by atoms with Gasteiger partial charge in [0.1, 0.15) is 6.54 Å². The Bertz CT molecular complexity index is 791. The number of halogens is 1. The molecule has 0 saturated carbocycles. The standard InChI is InChI=1S/C14H14ClN3O2S2/c1-2-17(8-10-5-6-12(15)22-10)9-18-14(21)20-13(16-18)11-4-3-7-19-11/h3-7H,2,8-9H2,1H3/p+1. The van der Waals surface area contributed by atoms with Gasteiger partial charge < -0.3 is 13.7 Å². The number of nitrogens with one attached hydrogen (secondary N) is 1. The number of furan rings is 1. The third-order valence-corrected chi connectivity index (χ3v) is 4.79. The summed E-state index contributed by atoms with van der Waals surface area (Å²) in [7, 11) is 0. The van der Waals surface area contributed by atoms with Crippen molar-refractivity contribution in [1.82, 2.24) is 9.78 Å². The summed E-state index contributed by atoms with van der Waals surface area (Å²) in [5.41, 5.74) is 0. The summed E-state index contributed by atoms with van der Waals surface area (Å²) in [6, 6.07) is 7.56. The molecule has 1 unspecified atom stereocenters. The molecule has 0 aliphatic carbocycles. The second-order valence-corrected chi connectivity index (χ2v) is 6.94. The van der Waals surface area contributed by atoms with E-state index >= 15 is 0 Å². The molecule has 1 atom stereocenters. The Kier molecular flexibility index (Phi) is 4.77. The van der Waals surface area contributed by atoms with Crippen molar-refractivity contribution in [2.24, 2.45) is 0 Å². The maximum atomic E-state index is 5.98. The summed E-state index contributed by atoms with van der Waals surface area (Å²) in [5, 5.41) is 4.40. The average Bonchev–Trinajstić information content (AvgIpc) is 3.21. The molecule has 8 heteroatoms. The molecule has 0 radical (unpaired) electrons. The number of hydrogen-bond acceptors (Lipinski definition) is 5. The van der Waals surface area contributed by atoms with E-state index in [1.807, 2.05) is 6.07 Å². The summed E-state index contributed by atoms with van der Waals surface area (Å²) >= 11 is 12.8. The minimum absolute atomic E-state index is 0.349. The van der Waals surface area contributed by atoms with E-state index in [-0.39, 0.29) is 0 Å². The molecule has 3 heterocycles. The highest BCUT2D eigenvalue weighted by Crippen LogP contribution is 2.20. The van der Waals surface area contributed by atoms with Crippen LogP contribution in [0.1, 0.15) is 11.8 Å². The second-order valence-electron chi connectivity index (χ2n) is 4.79. The van der Waals surface area contributed by atoms with Crippen molar-refractivity contribution in [2.45, 2.75) is 20.1 Å². The molecular formula is C14H15ClN3O2S2+. The molecule has 0 bridgehead atoms. The summed E-state index contributed by atoms with van der Waals surface area (Å²) in [5.74, 6) is 0.984. The zero-order valence-electron chi connectivity index (χ0n) is 11.9. The highest BCUT2D eigenvalue weighted by molar-refractivity contribution is 7.71. The second kappa shape index (κ2) is 6.78. The predicted octanol–water partition coefficient (Wildman–Crippen LogP) is 3.24. The maximum absolute atomic E-state index is 5.98. The van der Waals surface area contributed by atoms with E-state index in [9.17, 15) is 0 Å². The normalized spacial score (nSPS) is 12.6. The molecule has 3 aromatic heterocycles. The van der Waals surface area contributed by atoms with Gasteiger partial charge in [0.25, 0.3) is 10.7 Å². The van der Waals surface area contributed by atoms with Gasteiger partial charge in [-0.2, -0.15) is 4.68 Å². The van der Waals surface area contributed by atoms with Gasteiger partial charge in [0.2, 0.25) is 0 Å². The molecule has 0 spiro atoms. The summed E-state index contributed by atoms with van der Waals surface area (Å²) in [6.07, 6.45) is 1.58. The van der Waals surface area contributed by atoms with Crippen LogP contribution in [0, 0.1) is 4.84 Å². The first-order valence-electron chi connectivity index (χ1n) is 6.85. The fourth-order valence-corrected chi connectivity index (χ4v) is 3.45. The average molecular weight is 357 g/mol. The largest absolute Gasteiger partial charge is 0.459 e. The zero-order valence-corrected chi connectivity index (χ0v) is 14.3. The van der Waals surface area contributed by atoms with E-state index in [4.69, 9.17) is 32.7 Å². The van der Waals surface area contributed by atoms with E-state index < -0.39 is 0 Å². The summed E-state index contributed by atoms with van der Waals surface area (Å²) in [6.45, 7) is 4.58. The fraction of sp³-hybridized carbons (Fsp3) is 0.286. The number of rotatable bonds is 6. The lowest BCUT2D eigenvalue weighted by Gasteiger charge is -2.15. The Morgan fingerprint density at radius 2 is 2.27 bits per heavy atom. The Hall–Kier alpha value is -1.41. The van der Waals surface area contributed by atoms with Crippen LogP contribution in [0.25, 0.3) is 11.7 Å². The Morgan fingerprint density at radius 1 is 1.41 bits per heavy atom. The number of nitrogens with zero attached hydrogens (tertiary/aromatic N) is 2. The van der Waals surface area contributed by atoms with Gasteiger partial charge in [0, 0.05) is 0 Å². The van der Waals surface area contributed by atoms with Gasteiger partial charge in [-0.3, -0.25) is 0 Å². The number of quaternary nitrogens is 1. The van der Waals surface area contributed by atoms with E-state index in [1.165, 1.54) is 9.78 Å². The van der Waals surface area contributed by atoms with Crippen molar-refractivity contribution in [3.8, 4) is 11.7 Å². The van der Waals surface area contributed by atoms with Crippen LogP contribution in [-0.2, 0) is 13.2 Å². The topological polar surface area (TPSA) is 48.5 Å². The van der Waals surface area contributed by atoms with Gasteiger partial charge in [-0.25, -0.2) is 0 Å². The lowest BCUT2D eigenvalue weighted by molar-refractivity contribution is -0.935. The smallest absolute Gasteiger partial charge is 0.292 e. The number of thiophene rings is 1. The Morgan fingerprint density at radius 3 is 2.91 bits per heavy atom. The minimum atomic E-state index is 0.349. The van der Waals surface area contributed by atoms with E-state index in [0.29, 0.717) is 23.2 Å². The van der Waals surface area contributed by atoms with Gasteiger partial charge >= 0.3 is 0 Å². The van der Waals surface area contributed by atoms with Crippen LogP contribution >= 0.6 is 35.2 Å². The molecule has 0 aromatic carbocycles. The first-order valence-corrected chi connectivity index (χ1v) is 8.45. The van der Waals surface area contributed by atoms with E-state index in [1.54, 1.807) is 34.4 Å². The van der Waals surface area contributed by atoms with Gasteiger partial charge in [0.15, 0.2) is 12.4 Å². The molecule has 0 fully saturated rings. The van der Waals surface area contributed by atoms with Crippen LogP contribution < -0.4 is 4.90 Å². The quantitative estimate of drug-likeness (QED) is 0.689. The van der Waals surface area contributed by atoms with Gasteiger partial charge in [-0.1, -0.05) is 11.6 Å². The monoisotopic (exact) mass is 356 g/mol. The highest BCUT2D eigenvalue weighted by atomic mass is 35.5. The fourth-order valence-electron chi connectivity index (χ4n) is 2.10. The third kappa shape index (κ3) is 3.49. The van der Waals surface area contributed by atoms with Crippen LogP contribution in [0.2, 0.25) is 4.34 Å². The molecule has 116 valence electrons. The van der Waals surface area contributed by atoms with Crippen LogP contribution in [-0.4, -0.2) is 16.3 Å². The lowest BCUT2D eigenvalue weighted by atomic mass is 10.4. The van der Waals surface area contributed by atoms with Crippen LogP contribution in [0.3, 0.4) is 0 Å². The zero-order chi connectivity index (χ0) is 15.5. The first kappa shape index (κ1) is 15.5. The maximum Gasteiger partial charge on any atom is 0.292 e. The molecule has 0 aliphatic heterocycles. The molecule has 5 nitrogen and oxygen atoms in total. The van der Waals surface area contributed by atoms with E-state index in [0.717, 1.165) is 17.4 Å². The summed E-state index contributed by atoms with van der Waals surface area (Å²) < 4.78 is 13.3. The van der Waals surface area contributed by atoms with Crippen LogP contribution in [0.15, 0.2) is 39.4 Å².